The van der Waals surface area contributed by atoms with Crippen LogP contribution < -0.4 is 10.6 Å². The summed E-state index contributed by atoms with van der Waals surface area (Å²) in [6.07, 6.45) is 11.8. The highest BCUT2D eigenvalue weighted by Gasteiger charge is 2.13. The summed E-state index contributed by atoms with van der Waals surface area (Å²) in [4.78, 5) is 10.3. The molecule has 1 saturated heterocycles. The van der Waals surface area contributed by atoms with Crippen molar-refractivity contribution in [2.45, 2.75) is 39.7 Å². The minimum atomic E-state index is 0.523. The Bertz CT molecular complexity index is 1450. The number of nitriles is 1. The smallest absolute Gasteiger partial charge is 0.103 e. The average molecular weight is 505 g/mol. The second-order valence-corrected chi connectivity index (χ2v) is 10.1. The molecule has 0 unspecified atom stereocenters. The van der Waals surface area contributed by atoms with Gasteiger partial charge in [-0.3, -0.25) is 4.98 Å². The van der Waals surface area contributed by atoms with E-state index in [4.69, 9.17) is 0 Å². The van der Waals surface area contributed by atoms with Crippen molar-refractivity contribution < 1.29 is 0 Å². The van der Waals surface area contributed by atoms with E-state index in [-0.39, 0.29) is 0 Å². The van der Waals surface area contributed by atoms with Gasteiger partial charge in [-0.05, 0) is 74.7 Å². The molecule has 0 saturated carbocycles. The summed E-state index contributed by atoms with van der Waals surface area (Å²) in [5, 5.41) is 18.1. The molecule has 4 aromatic rings. The molecule has 6 nitrogen and oxygen atoms in total. The number of hydrogen-bond acceptors (Lipinski definition) is 5. The van der Waals surface area contributed by atoms with Crippen molar-refractivity contribution >= 4 is 34.4 Å². The molecule has 0 aliphatic carbocycles. The number of benzene rings is 2. The van der Waals surface area contributed by atoms with Gasteiger partial charge in [0.15, 0.2) is 0 Å². The van der Waals surface area contributed by atoms with Crippen LogP contribution in [-0.4, -0.2) is 41.0 Å². The summed E-state index contributed by atoms with van der Waals surface area (Å²) in [7, 11) is 0. The Morgan fingerprint density at radius 3 is 2.63 bits per heavy atom. The van der Waals surface area contributed by atoms with Crippen LogP contribution in [0.15, 0.2) is 54.9 Å². The third-order valence-electron chi connectivity index (χ3n) is 7.50. The molecule has 0 amide bonds. The lowest BCUT2D eigenvalue weighted by molar-refractivity contribution is 0.229. The number of hydrogen-bond donors (Lipinski definition) is 3. The number of piperidine rings is 1. The van der Waals surface area contributed by atoms with Crippen molar-refractivity contribution in [2.24, 2.45) is 0 Å². The maximum atomic E-state index is 9.83. The van der Waals surface area contributed by atoms with Crippen molar-refractivity contribution in [3.05, 3.63) is 88.4 Å². The SMILES string of the molecule is Cc1ncc(C#N)c(Nc2ccc3[nH]ccc3c2C)c1/C=C/c1ccc(CNCCN2CCCCC2)cc1. The summed E-state index contributed by atoms with van der Waals surface area (Å²) < 4.78 is 0. The lowest BCUT2D eigenvalue weighted by Crippen LogP contribution is -2.35. The average Bonchev–Trinajstić information content (AvgIpc) is 3.43. The molecular weight excluding hydrogens is 468 g/mol. The summed E-state index contributed by atoms with van der Waals surface area (Å²) in [5.41, 5.74) is 8.70. The molecule has 5 rings (SSSR count). The third-order valence-corrected chi connectivity index (χ3v) is 7.50. The predicted octanol–water partition coefficient (Wildman–Crippen LogP) is 6.54. The summed E-state index contributed by atoms with van der Waals surface area (Å²) in [6, 6.07) is 17.2. The zero-order chi connectivity index (χ0) is 26.3. The molecule has 0 atom stereocenters. The number of likely N-dealkylation sites (tertiary alicyclic amines) is 1. The number of rotatable bonds is 9. The fraction of sp³-hybridized carbons (Fsp3) is 0.312. The van der Waals surface area contributed by atoms with Crippen molar-refractivity contribution in [1.82, 2.24) is 20.2 Å². The van der Waals surface area contributed by atoms with Gasteiger partial charge in [0.05, 0.1) is 11.3 Å². The lowest BCUT2D eigenvalue weighted by atomic mass is 10.0. The van der Waals surface area contributed by atoms with Gasteiger partial charge in [0.25, 0.3) is 0 Å². The molecule has 3 heterocycles. The van der Waals surface area contributed by atoms with E-state index in [9.17, 15) is 5.26 Å². The number of nitrogens with one attached hydrogen (secondary N) is 3. The minimum absolute atomic E-state index is 0.523. The standard InChI is InChI=1S/C32H36N6/c1-23-28-14-15-35-31(28)13-12-30(23)37-32-27(20-33)22-36-24(2)29(32)11-10-25-6-8-26(9-7-25)21-34-16-19-38-17-4-3-5-18-38/h6-15,22,34-35H,3-5,16-19,21H2,1-2H3,(H,36,37)/b11-10+. The molecule has 0 spiro atoms. The van der Waals surface area contributed by atoms with Crippen LogP contribution in [0.25, 0.3) is 23.1 Å². The highest BCUT2D eigenvalue weighted by atomic mass is 15.1. The first-order valence-corrected chi connectivity index (χ1v) is 13.6. The maximum absolute atomic E-state index is 9.83. The van der Waals surface area contributed by atoms with Crippen molar-refractivity contribution in [1.29, 1.82) is 5.26 Å². The lowest BCUT2D eigenvalue weighted by Gasteiger charge is -2.26. The van der Waals surface area contributed by atoms with Gasteiger partial charge in [0, 0.05) is 59.9 Å². The molecular formula is C32H36N6. The van der Waals surface area contributed by atoms with Gasteiger partial charge >= 0.3 is 0 Å². The van der Waals surface area contributed by atoms with Crippen molar-refractivity contribution in [2.75, 3.05) is 31.5 Å². The Balaban J connectivity index is 1.28. The van der Waals surface area contributed by atoms with Gasteiger partial charge in [-0.15, -0.1) is 0 Å². The molecule has 6 heteroatoms. The van der Waals surface area contributed by atoms with E-state index in [2.05, 4.69) is 93.1 Å². The fourth-order valence-corrected chi connectivity index (χ4v) is 5.18. The molecule has 1 aliphatic rings. The maximum Gasteiger partial charge on any atom is 0.103 e. The summed E-state index contributed by atoms with van der Waals surface area (Å²) >= 11 is 0. The van der Waals surface area contributed by atoms with Gasteiger partial charge in [-0.2, -0.15) is 5.26 Å². The predicted molar refractivity (Wildman–Crippen MR) is 157 cm³/mol. The van der Waals surface area contributed by atoms with Gasteiger partial charge in [-0.1, -0.05) is 42.8 Å². The second-order valence-electron chi connectivity index (χ2n) is 10.1. The summed E-state index contributed by atoms with van der Waals surface area (Å²) in [6.45, 7) is 9.59. The highest BCUT2D eigenvalue weighted by Crippen LogP contribution is 2.32. The van der Waals surface area contributed by atoms with Crippen LogP contribution in [0.3, 0.4) is 0 Å². The topological polar surface area (TPSA) is 79.8 Å². The zero-order valence-electron chi connectivity index (χ0n) is 22.3. The normalized spacial score (nSPS) is 14.2. The van der Waals surface area contributed by atoms with E-state index in [1.807, 2.05) is 13.1 Å². The molecule has 2 aromatic heterocycles. The number of pyridine rings is 1. The molecule has 3 N–H and O–H groups in total. The highest BCUT2D eigenvalue weighted by molar-refractivity contribution is 5.90. The van der Waals surface area contributed by atoms with E-state index in [1.54, 1.807) is 6.20 Å². The van der Waals surface area contributed by atoms with E-state index in [1.165, 1.54) is 37.9 Å². The van der Waals surface area contributed by atoms with Gasteiger partial charge in [0.1, 0.15) is 6.07 Å². The third kappa shape index (κ3) is 5.96. The van der Waals surface area contributed by atoms with Crippen LogP contribution in [0.4, 0.5) is 11.4 Å². The van der Waals surface area contributed by atoms with Crippen LogP contribution in [0.1, 0.15) is 52.8 Å². The first kappa shape index (κ1) is 25.7. The number of H-pyrrole nitrogens is 1. The number of aromatic amines is 1. The molecule has 2 aromatic carbocycles. The molecule has 194 valence electrons. The Hall–Kier alpha value is -3.92. The van der Waals surface area contributed by atoms with Gasteiger partial charge in [-0.25, -0.2) is 0 Å². The van der Waals surface area contributed by atoms with Crippen LogP contribution in [0.2, 0.25) is 0 Å². The Labute approximate surface area is 225 Å². The van der Waals surface area contributed by atoms with E-state index < -0.39 is 0 Å². The van der Waals surface area contributed by atoms with Gasteiger partial charge in [0.2, 0.25) is 0 Å². The molecule has 0 bridgehead atoms. The van der Waals surface area contributed by atoms with Crippen LogP contribution in [0.5, 0.6) is 0 Å². The van der Waals surface area contributed by atoms with E-state index >= 15 is 0 Å². The molecule has 1 fully saturated rings. The Morgan fingerprint density at radius 2 is 1.84 bits per heavy atom. The number of aryl methyl sites for hydroxylation is 2. The Morgan fingerprint density at radius 1 is 1.03 bits per heavy atom. The monoisotopic (exact) mass is 504 g/mol. The van der Waals surface area contributed by atoms with E-state index in [0.717, 1.165) is 64.3 Å². The van der Waals surface area contributed by atoms with Crippen molar-refractivity contribution in [3.8, 4) is 6.07 Å². The van der Waals surface area contributed by atoms with E-state index in [0.29, 0.717) is 5.56 Å². The largest absolute Gasteiger partial charge is 0.361 e. The summed E-state index contributed by atoms with van der Waals surface area (Å²) in [5.74, 6) is 0. The number of aromatic nitrogens is 2. The number of fused-ring (bicyclic) bond motifs is 1. The first-order valence-electron chi connectivity index (χ1n) is 13.6. The van der Waals surface area contributed by atoms with Gasteiger partial charge < -0.3 is 20.5 Å². The van der Waals surface area contributed by atoms with Crippen LogP contribution in [-0.2, 0) is 6.54 Å². The number of nitrogens with zero attached hydrogens (tertiary/aromatic N) is 3. The van der Waals surface area contributed by atoms with Crippen molar-refractivity contribution in [3.63, 3.8) is 0 Å². The Kier molecular flexibility index (Phi) is 8.18. The fourth-order valence-electron chi connectivity index (χ4n) is 5.18. The van der Waals surface area contributed by atoms with Crippen LogP contribution >= 0.6 is 0 Å². The second kappa shape index (κ2) is 12.1. The molecule has 0 radical (unpaired) electrons. The minimum Gasteiger partial charge on any atom is -0.361 e. The zero-order valence-corrected chi connectivity index (χ0v) is 22.3. The molecule has 38 heavy (non-hydrogen) atoms. The number of anilines is 2. The quantitative estimate of drug-likeness (QED) is 0.226. The first-order chi connectivity index (χ1) is 18.6. The van der Waals surface area contributed by atoms with Crippen LogP contribution in [0, 0.1) is 25.2 Å². The molecule has 1 aliphatic heterocycles.